The van der Waals surface area contributed by atoms with Crippen LogP contribution in [-0.2, 0) is 11.3 Å². The molecule has 0 spiro atoms. The number of halogens is 1. The SMILES string of the molecule is CCNCC(COCc1ccccc1)c1ccccc1Cl. The lowest BCUT2D eigenvalue weighted by molar-refractivity contribution is 0.106. The van der Waals surface area contributed by atoms with Crippen molar-refractivity contribution in [1.29, 1.82) is 0 Å². The van der Waals surface area contributed by atoms with Crippen molar-refractivity contribution in [2.75, 3.05) is 19.7 Å². The number of rotatable bonds is 8. The Morgan fingerprint density at radius 1 is 1.05 bits per heavy atom. The summed E-state index contributed by atoms with van der Waals surface area (Å²) in [5.41, 5.74) is 2.34. The molecule has 2 aromatic rings. The highest BCUT2D eigenvalue weighted by Gasteiger charge is 2.14. The molecule has 1 N–H and O–H groups in total. The van der Waals surface area contributed by atoms with Gasteiger partial charge in [-0.1, -0.05) is 67.1 Å². The number of hydrogen-bond acceptors (Lipinski definition) is 2. The molecule has 2 rings (SSSR count). The molecule has 0 saturated heterocycles. The fourth-order valence-electron chi connectivity index (χ4n) is 2.28. The van der Waals surface area contributed by atoms with E-state index in [1.165, 1.54) is 5.56 Å². The highest BCUT2D eigenvalue weighted by molar-refractivity contribution is 6.31. The Bertz CT molecular complexity index is 530. The highest BCUT2D eigenvalue weighted by atomic mass is 35.5. The quantitative estimate of drug-likeness (QED) is 0.787. The van der Waals surface area contributed by atoms with E-state index in [0.717, 1.165) is 23.7 Å². The molecular weight excluding hydrogens is 282 g/mol. The normalized spacial score (nSPS) is 12.3. The maximum atomic E-state index is 6.31. The largest absolute Gasteiger partial charge is 0.376 e. The average molecular weight is 304 g/mol. The molecule has 0 aliphatic carbocycles. The molecule has 0 fully saturated rings. The van der Waals surface area contributed by atoms with E-state index in [4.69, 9.17) is 16.3 Å². The second kappa shape index (κ2) is 8.83. The molecule has 3 heteroatoms. The summed E-state index contributed by atoms with van der Waals surface area (Å²) in [4.78, 5) is 0. The Morgan fingerprint density at radius 3 is 2.48 bits per heavy atom. The molecule has 0 aromatic heterocycles. The maximum Gasteiger partial charge on any atom is 0.0717 e. The van der Waals surface area contributed by atoms with Gasteiger partial charge in [-0.2, -0.15) is 0 Å². The summed E-state index contributed by atoms with van der Waals surface area (Å²) in [6.45, 7) is 5.21. The lowest BCUT2D eigenvalue weighted by Gasteiger charge is -2.19. The van der Waals surface area contributed by atoms with Gasteiger partial charge in [0.25, 0.3) is 0 Å². The lowest BCUT2D eigenvalue weighted by Crippen LogP contribution is -2.24. The van der Waals surface area contributed by atoms with Gasteiger partial charge in [0.1, 0.15) is 0 Å². The van der Waals surface area contributed by atoms with E-state index in [1.54, 1.807) is 0 Å². The lowest BCUT2D eigenvalue weighted by atomic mass is 10.00. The molecule has 0 aliphatic rings. The summed E-state index contributed by atoms with van der Waals surface area (Å²) in [7, 11) is 0. The summed E-state index contributed by atoms with van der Waals surface area (Å²) in [6.07, 6.45) is 0. The van der Waals surface area contributed by atoms with Crippen LogP contribution < -0.4 is 5.32 Å². The third-order valence-electron chi connectivity index (χ3n) is 3.42. The predicted molar refractivity (Wildman–Crippen MR) is 88.8 cm³/mol. The third kappa shape index (κ3) is 5.16. The number of benzene rings is 2. The molecule has 1 atom stereocenters. The van der Waals surface area contributed by atoms with Crippen molar-refractivity contribution in [3.05, 3.63) is 70.7 Å². The van der Waals surface area contributed by atoms with Crippen LogP contribution in [0, 0.1) is 0 Å². The van der Waals surface area contributed by atoms with Crippen molar-refractivity contribution in [2.24, 2.45) is 0 Å². The smallest absolute Gasteiger partial charge is 0.0717 e. The first-order valence-corrected chi connectivity index (χ1v) is 7.76. The fraction of sp³-hybridized carbons (Fsp3) is 0.333. The zero-order valence-corrected chi connectivity index (χ0v) is 13.1. The minimum absolute atomic E-state index is 0.266. The molecule has 2 nitrogen and oxygen atoms in total. The summed E-state index contributed by atoms with van der Waals surface area (Å²) < 4.78 is 5.89. The van der Waals surface area contributed by atoms with Gasteiger partial charge in [-0.3, -0.25) is 0 Å². The first-order chi connectivity index (χ1) is 10.3. The van der Waals surface area contributed by atoms with Crippen molar-refractivity contribution >= 4 is 11.6 Å². The fourth-order valence-corrected chi connectivity index (χ4v) is 2.57. The molecule has 0 radical (unpaired) electrons. The summed E-state index contributed by atoms with van der Waals surface area (Å²) >= 11 is 6.31. The standard InChI is InChI=1S/C18H22ClNO/c1-2-20-12-16(17-10-6-7-11-18(17)19)14-21-13-15-8-4-3-5-9-15/h3-11,16,20H,2,12-14H2,1H3. The van der Waals surface area contributed by atoms with Crippen LogP contribution in [0.5, 0.6) is 0 Å². The van der Waals surface area contributed by atoms with Crippen LogP contribution in [0.1, 0.15) is 24.0 Å². The number of likely N-dealkylation sites (N-methyl/N-ethyl adjacent to an activating group) is 1. The van der Waals surface area contributed by atoms with Crippen molar-refractivity contribution in [3.63, 3.8) is 0 Å². The van der Waals surface area contributed by atoms with Gasteiger partial charge in [0.15, 0.2) is 0 Å². The average Bonchev–Trinajstić information content (AvgIpc) is 2.52. The zero-order chi connectivity index (χ0) is 14.9. The molecule has 21 heavy (non-hydrogen) atoms. The summed E-state index contributed by atoms with van der Waals surface area (Å²) in [5.74, 6) is 0.266. The maximum absolute atomic E-state index is 6.31. The molecule has 0 saturated carbocycles. The van der Waals surface area contributed by atoms with Crippen LogP contribution >= 0.6 is 11.6 Å². The van der Waals surface area contributed by atoms with Crippen molar-refractivity contribution in [3.8, 4) is 0 Å². The van der Waals surface area contributed by atoms with E-state index in [2.05, 4.69) is 30.4 Å². The molecule has 112 valence electrons. The first-order valence-electron chi connectivity index (χ1n) is 7.38. The van der Waals surface area contributed by atoms with Gasteiger partial charge in [-0.05, 0) is 23.7 Å². The Morgan fingerprint density at radius 2 is 1.76 bits per heavy atom. The van der Waals surface area contributed by atoms with Gasteiger partial charge < -0.3 is 10.1 Å². The van der Waals surface area contributed by atoms with E-state index in [0.29, 0.717) is 13.2 Å². The number of ether oxygens (including phenoxy) is 1. The van der Waals surface area contributed by atoms with Crippen molar-refractivity contribution < 1.29 is 4.74 Å². The molecule has 0 bridgehead atoms. The van der Waals surface area contributed by atoms with Crippen LogP contribution in [0.4, 0.5) is 0 Å². The van der Waals surface area contributed by atoms with Crippen LogP contribution in [0.2, 0.25) is 5.02 Å². The minimum Gasteiger partial charge on any atom is -0.376 e. The van der Waals surface area contributed by atoms with E-state index < -0.39 is 0 Å². The molecule has 0 aliphatic heterocycles. The van der Waals surface area contributed by atoms with E-state index in [-0.39, 0.29) is 5.92 Å². The Balaban J connectivity index is 1.95. The predicted octanol–water partition coefficient (Wildman–Crippen LogP) is 4.25. The van der Waals surface area contributed by atoms with Crippen LogP contribution in [0.15, 0.2) is 54.6 Å². The highest BCUT2D eigenvalue weighted by Crippen LogP contribution is 2.24. The Kier molecular flexibility index (Phi) is 6.74. The topological polar surface area (TPSA) is 21.3 Å². The van der Waals surface area contributed by atoms with Gasteiger partial charge in [0.2, 0.25) is 0 Å². The van der Waals surface area contributed by atoms with E-state index in [9.17, 15) is 0 Å². The zero-order valence-electron chi connectivity index (χ0n) is 12.4. The van der Waals surface area contributed by atoms with E-state index in [1.807, 2.05) is 36.4 Å². The molecule has 0 amide bonds. The van der Waals surface area contributed by atoms with Gasteiger partial charge in [0.05, 0.1) is 13.2 Å². The Labute approximate surface area is 132 Å². The minimum atomic E-state index is 0.266. The van der Waals surface area contributed by atoms with Gasteiger partial charge in [0, 0.05) is 17.5 Å². The molecule has 2 aromatic carbocycles. The second-order valence-corrected chi connectivity index (χ2v) is 5.43. The van der Waals surface area contributed by atoms with Gasteiger partial charge in [-0.15, -0.1) is 0 Å². The van der Waals surface area contributed by atoms with Crippen molar-refractivity contribution in [1.82, 2.24) is 5.32 Å². The molecule has 0 heterocycles. The first kappa shape index (κ1) is 16.0. The Hall–Kier alpha value is -1.35. The second-order valence-electron chi connectivity index (χ2n) is 5.03. The van der Waals surface area contributed by atoms with Crippen LogP contribution in [-0.4, -0.2) is 19.7 Å². The van der Waals surface area contributed by atoms with Gasteiger partial charge in [-0.25, -0.2) is 0 Å². The van der Waals surface area contributed by atoms with E-state index >= 15 is 0 Å². The third-order valence-corrected chi connectivity index (χ3v) is 3.76. The monoisotopic (exact) mass is 303 g/mol. The van der Waals surface area contributed by atoms with Crippen molar-refractivity contribution in [2.45, 2.75) is 19.4 Å². The summed E-state index contributed by atoms with van der Waals surface area (Å²) in [6, 6.07) is 18.2. The molecule has 1 unspecified atom stereocenters. The number of nitrogens with one attached hydrogen (secondary N) is 1. The van der Waals surface area contributed by atoms with Crippen LogP contribution in [0.25, 0.3) is 0 Å². The van der Waals surface area contributed by atoms with Gasteiger partial charge >= 0.3 is 0 Å². The van der Waals surface area contributed by atoms with Crippen LogP contribution in [0.3, 0.4) is 0 Å². The summed E-state index contributed by atoms with van der Waals surface area (Å²) in [5, 5.41) is 4.19. The number of hydrogen-bond donors (Lipinski definition) is 1. The molecular formula is C18H22ClNO.